The Morgan fingerprint density at radius 3 is 2.64 bits per heavy atom. The molecular weight excluding hydrogens is 334 g/mol. The summed E-state index contributed by atoms with van der Waals surface area (Å²) in [5.74, 6) is -0.236. The Morgan fingerprint density at radius 1 is 1.16 bits per heavy atom. The highest BCUT2D eigenvalue weighted by atomic mass is 32.1. The summed E-state index contributed by atoms with van der Waals surface area (Å²) in [6.07, 6.45) is 3.18. The molecule has 0 saturated carbocycles. The zero-order chi connectivity index (χ0) is 17.6. The second kappa shape index (κ2) is 8.16. The zero-order valence-corrected chi connectivity index (χ0v) is 15.2. The first kappa shape index (κ1) is 17.5. The lowest BCUT2D eigenvalue weighted by Crippen LogP contribution is -2.28. The van der Waals surface area contributed by atoms with Crippen molar-refractivity contribution in [2.45, 2.75) is 26.2 Å². The van der Waals surface area contributed by atoms with Crippen LogP contribution in [0.2, 0.25) is 0 Å². The number of carbonyl (C=O) groups is 2. The minimum absolute atomic E-state index is 0.0871. The predicted octanol–water partition coefficient (Wildman–Crippen LogP) is 3.74. The number of hydrogen-bond acceptors (Lipinski definition) is 4. The maximum absolute atomic E-state index is 12.6. The fourth-order valence-electron chi connectivity index (χ4n) is 2.96. The van der Waals surface area contributed by atoms with Crippen molar-refractivity contribution in [1.29, 1.82) is 0 Å². The van der Waals surface area contributed by atoms with Crippen LogP contribution in [0, 0.1) is 0 Å². The summed E-state index contributed by atoms with van der Waals surface area (Å²) in [4.78, 5) is 27.8. The summed E-state index contributed by atoms with van der Waals surface area (Å²) in [5.41, 5.74) is 2.21. The normalized spacial score (nSPS) is 13.7. The van der Waals surface area contributed by atoms with Crippen molar-refractivity contribution < 1.29 is 9.59 Å². The molecule has 132 valence electrons. The van der Waals surface area contributed by atoms with Crippen LogP contribution in [0.4, 0.5) is 11.4 Å². The van der Waals surface area contributed by atoms with Crippen LogP contribution in [0.1, 0.15) is 46.2 Å². The predicted molar refractivity (Wildman–Crippen MR) is 103 cm³/mol. The van der Waals surface area contributed by atoms with Crippen LogP contribution in [0.25, 0.3) is 0 Å². The molecule has 0 spiro atoms. The van der Waals surface area contributed by atoms with Gasteiger partial charge in [-0.25, -0.2) is 0 Å². The first-order chi connectivity index (χ1) is 12.2. The monoisotopic (exact) mass is 357 g/mol. The number of rotatable bonds is 6. The first-order valence-corrected chi connectivity index (χ1v) is 9.59. The molecule has 1 saturated heterocycles. The van der Waals surface area contributed by atoms with E-state index < -0.39 is 0 Å². The van der Waals surface area contributed by atoms with Crippen molar-refractivity contribution in [3.63, 3.8) is 0 Å². The van der Waals surface area contributed by atoms with Gasteiger partial charge in [-0.1, -0.05) is 13.0 Å². The average molecular weight is 357 g/mol. The Morgan fingerprint density at radius 2 is 1.96 bits per heavy atom. The molecular formula is C19H23N3O2S. The van der Waals surface area contributed by atoms with Gasteiger partial charge in [0.15, 0.2) is 0 Å². The molecule has 1 aliphatic heterocycles. The molecule has 6 heteroatoms. The van der Waals surface area contributed by atoms with E-state index in [1.807, 2.05) is 30.5 Å². The van der Waals surface area contributed by atoms with Crippen LogP contribution in [0.15, 0.2) is 35.7 Å². The van der Waals surface area contributed by atoms with Crippen LogP contribution < -0.4 is 15.5 Å². The summed E-state index contributed by atoms with van der Waals surface area (Å²) in [5, 5.41) is 7.70. The van der Waals surface area contributed by atoms with Gasteiger partial charge in [0.25, 0.3) is 11.8 Å². The summed E-state index contributed by atoms with van der Waals surface area (Å²) >= 11 is 1.40. The van der Waals surface area contributed by atoms with Crippen LogP contribution >= 0.6 is 11.3 Å². The Balaban J connectivity index is 1.85. The molecule has 5 nitrogen and oxygen atoms in total. The number of amides is 2. The SMILES string of the molecule is CCCNC(=O)c1cc(NC(=O)c2cccs2)ccc1N1CCCC1. The third kappa shape index (κ3) is 4.20. The van der Waals surface area contributed by atoms with Crippen LogP contribution in [0.3, 0.4) is 0 Å². The molecule has 1 aromatic heterocycles. The maximum Gasteiger partial charge on any atom is 0.265 e. The summed E-state index contributed by atoms with van der Waals surface area (Å²) < 4.78 is 0. The van der Waals surface area contributed by atoms with Gasteiger partial charge in [-0.3, -0.25) is 9.59 Å². The van der Waals surface area contributed by atoms with Crippen molar-refractivity contribution >= 4 is 34.5 Å². The molecule has 0 atom stereocenters. The van der Waals surface area contributed by atoms with Crippen LogP contribution in [-0.4, -0.2) is 31.4 Å². The molecule has 2 aromatic rings. The fraction of sp³-hybridized carbons (Fsp3) is 0.368. The summed E-state index contributed by atoms with van der Waals surface area (Å²) in [6.45, 7) is 4.60. The summed E-state index contributed by atoms with van der Waals surface area (Å²) in [7, 11) is 0. The van der Waals surface area contributed by atoms with Gasteiger partial charge in [0.05, 0.1) is 10.4 Å². The second-order valence-corrected chi connectivity index (χ2v) is 7.06. The Labute approximate surface area is 152 Å². The van der Waals surface area contributed by atoms with Crippen molar-refractivity contribution in [3.05, 3.63) is 46.2 Å². The van der Waals surface area contributed by atoms with Gasteiger partial charge in [0, 0.05) is 31.0 Å². The van der Waals surface area contributed by atoms with Crippen LogP contribution in [-0.2, 0) is 0 Å². The lowest BCUT2D eigenvalue weighted by Gasteiger charge is -2.22. The van der Waals surface area contributed by atoms with E-state index in [9.17, 15) is 9.59 Å². The Bertz CT molecular complexity index is 737. The minimum Gasteiger partial charge on any atom is -0.371 e. The number of thiophene rings is 1. The molecule has 2 amide bonds. The molecule has 1 fully saturated rings. The minimum atomic E-state index is -0.149. The van der Waals surface area contributed by atoms with Crippen LogP contribution in [0.5, 0.6) is 0 Å². The molecule has 1 aromatic carbocycles. The fourth-order valence-corrected chi connectivity index (χ4v) is 3.58. The second-order valence-electron chi connectivity index (χ2n) is 6.11. The van der Waals surface area contributed by atoms with E-state index in [1.165, 1.54) is 11.3 Å². The van der Waals surface area contributed by atoms with Gasteiger partial charge in [-0.05, 0) is 48.9 Å². The van der Waals surface area contributed by atoms with Gasteiger partial charge in [-0.2, -0.15) is 0 Å². The van der Waals surface area contributed by atoms with E-state index >= 15 is 0 Å². The Kier molecular flexibility index (Phi) is 5.71. The van der Waals surface area contributed by atoms with Crippen molar-refractivity contribution in [2.75, 3.05) is 29.9 Å². The molecule has 0 bridgehead atoms. The van der Waals surface area contributed by atoms with Gasteiger partial charge in [0.1, 0.15) is 0 Å². The number of nitrogens with zero attached hydrogens (tertiary/aromatic N) is 1. The standard InChI is InChI=1S/C19H23N3O2S/c1-2-9-20-18(23)15-13-14(21-19(24)17-6-5-12-25-17)7-8-16(15)22-10-3-4-11-22/h5-8,12-13H,2-4,9-11H2,1H3,(H,20,23)(H,21,24). The van der Waals surface area contributed by atoms with E-state index in [2.05, 4.69) is 15.5 Å². The highest BCUT2D eigenvalue weighted by Gasteiger charge is 2.20. The lowest BCUT2D eigenvalue weighted by molar-refractivity contribution is 0.0952. The zero-order valence-electron chi connectivity index (χ0n) is 14.4. The number of carbonyl (C=O) groups excluding carboxylic acids is 2. The molecule has 25 heavy (non-hydrogen) atoms. The van der Waals surface area contributed by atoms with Gasteiger partial charge < -0.3 is 15.5 Å². The molecule has 0 aliphatic carbocycles. The number of benzene rings is 1. The molecule has 2 heterocycles. The molecule has 1 aliphatic rings. The lowest BCUT2D eigenvalue weighted by atomic mass is 10.1. The smallest absolute Gasteiger partial charge is 0.265 e. The van der Waals surface area contributed by atoms with E-state index in [-0.39, 0.29) is 11.8 Å². The topological polar surface area (TPSA) is 61.4 Å². The number of hydrogen-bond donors (Lipinski definition) is 2. The maximum atomic E-state index is 12.6. The molecule has 0 unspecified atom stereocenters. The average Bonchev–Trinajstić information content (AvgIpc) is 3.32. The van der Waals surface area contributed by atoms with E-state index in [4.69, 9.17) is 0 Å². The van der Waals surface area contributed by atoms with Gasteiger partial charge in [-0.15, -0.1) is 11.3 Å². The quantitative estimate of drug-likeness (QED) is 0.828. The van der Waals surface area contributed by atoms with E-state index in [1.54, 1.807) is 12.1 Å². The van der Waals surface area contributed by atoms with Crippen molar-refractivity contribution in [2.24, 2.45) is 0 Å². The first-order valence-electron chi connectivity index (χ1n) is 8.71. The van der Waals surface area contributed by atoms with E-state index in [0.29, 0.717) is 22.7 Å². The van der Waals surface area contributed by atoms with Gasteiger partial charge in [0.2, 0.25) is 0 Å². The summed E-state index contributed by atoms with van der Waals surface area (Å²) in [6, 6.07) is 9.23. The number of anilines is 2. The Hall–Kier alpha value is -2.34. The highest BCUT2D eigenvalue weighted by molar-refractivity contribution is 7.12. The highest BCUT2D eigenvalue weighted by Crippen LogP contribution is 2.28. The van der Waals surface area contributed by atoms with Gasteiger partial charge >= 0.3 is 0 Å². The molecule has 2 N–H and O–H groups in total. The van der Waals surface area contributed by atoms with Crippen molar-refractivity contribution in [3.8, 4) is 0 Å². The third-order valence-corrected chi connectivity index (χ3v) is 5.09. The number of nitrogens with one attached hydrogen (secondary N) is 2. The van der Waals surface area contributed by atoms with Crippen molar-refractivity contribution in [1.82, 2.24) is 5.32 Å². The third-order valence-electron chi connectivity index (χ3n) is 4.23. The molecule has 0 radical (unpaired) electrons. The largest absolute Gasteiger partial charge is 0.371 e. The molecule has 3 rings (SSSR count). The van der Waals surface area contributed by atoms with E-state index in [0.717, 1.165) is 38.0 Å².